The number of benzene rings is 1. The summed E-state index contributed by atoms with van der Waals surface area (Å²) in [6.07, 6.45) is 2.91. The van der Waals surface area contributed by atoms with Crippen molar-refractivity contribution in [3.05, 3.63) is 29.8 Å². The lowest BCUT2D eigenvalue weighted by molar-refractivity contribution is 0.270. The number of nitrogens with one attached hydrogen (secondary N) is 1. The van der Waals surface area contributed by atoms with Gasteiger partial charge in [-0.25, -0.2) is 0 Å². The summed E-state index contributed by atoms with van der Waals surface area (Å²) in [6.45, 7) is 2.84. The molecule has 0 saturated carbocycles. The second-order valence-corrected chi connectivity index (χ2v) is 6.77. The normalized spacial score (nSPS) is 19.6. The van der Waals surface area contributed by atoms with Crippen molar-refractivity contribution in [1.29, 1.82) is 0 Å². The van der Waals surface area contributed by atoms with Crippen LogP contribution in [-0.2, 0) is 10.2 Å². The third-order valence-electron chi connectivity index (χ3n) is 3.52. The van der Waals surface area contributed by atoms with Crippen molar-refractivity contribution in [2.75, 3.05) is 17.8 Å². The van der Waals surface area contributed by atoms with Crippen LogP contribution in [0, 0.1) is 11.8 Å². The lowest BCUT2D eigenvalue weighted by atomic mass is 10.1. The summed E-state index contributed by atoms with van der Waals surface area (Å²) in [6, 6.07) is 7.03. The molecule has 21 heavy (non-hydrogen) atoms. The Morgan fingerprint density at radius 1 is 1.33 bits per heavy atom. The van der Waals surface area contributed by atoms with Crippen molar-refractivity contribution in [2.24, 2.45) is 5.73 Å². The van der Waals surface area contributed by atoms with Crippen LogP contribution >= 0.6 is 0 Å². The highest BCUT2D eigenvalue weighted by atomic mass is 32.2. The average Bonchev–Trinajstić information content (AvgIpc) is 2.46. The van der Waals surface area contributed by atoms with Gasteiger partial charge in [0.2, 0.25) is 0 Å². The van der Waals surface area contributed by atoms with E-state index in [1.165, 1.54) is 0 Å². The van der Waals surface area contributed by atoms with Crippen LogP contribution in [0.5, 0.6) is 0 Å². The summed E-state index contributed by atoms with van der Waals surface area (Å²) in [5.74, 6) is 5.66. The van der Waals surface area contributed by atoms with Crippen LogP contribution in [0.3, 0.4) is 0 Å². The molecule has 1 aromatic carbocycles. The molecule has 0 aliphatic carbocycles. The van der Waals surface area contributed by atoms with Gasteiger partial charge >= 0.3 is 10.2 Å². The van der Waals surface area contributed by atoms with E-state index in [1.807, 2.05) is 6.92 Å². The maximum atomic E-state index is 12.4. The zero-order valence-corrected chi connectivity index (χ0v) is 13.0. The molecule has 1 aliphatic heterocycles. The van der Waals surface area contributed by atoms with Crippen molar-refractivity contribution in [2.45, 2.75) is 32.2 Å². The number of hydrogen-bond acceptors (Lipinski definition) is 3. The molecule has 5 nitrogen and oxygen atoms in total. The van der Waals surface area contributed by atoms with Crippen molar-refractivity contribution in [1.82, 2.24) is 4.31 Å². The number of piperidine rings is 1. The number of rotatable bonds is 3. The highest BCUT2D eigenvalue weighted by molar-refractivity contribution is 7.90. The number of nitrogens with two attached hydrogens (primary N) is 1. The first kappa shape index (κ1) is 15.8. The summed E-state index contributed by atoms with van der Waals surface area (Å²) in [7, 11) is -3.49. The molecule has 1 aliphatic rings. The second-order valence-electron chi connectivity index (χ2n) is 5.15. The highest BCUT2D eigenvalue weighted by Gasteiger charge is 2.29. The summed E-state index contributed by atoms with van der Waals surface area (Å²) in [5, 5.41) is 0. The average molecular weight is 307 g/mol. The van der Waals surface area contributed by atoms with E-state index < -0.39 is 10.2 Å². The van der Waals surface area contributed by atoms with Crippen LogP contribution < -0.4 is 10.5 Å². The molecule has 1 aromatic rings. The van der Waals surface area contributed by atoms with Gasteiger partial charge in [0, 0.05) is 23.8 Å². The summed E-state index contributed by atoms with van der Waals surface area (Å²) in [4.78, 5) is 0. The Balaban J connectivity index is 2.09. The van der Waals surface area contributed by atoms with Gasteiger partial charge in [-0.05, 0) is 44.0 Å². The van der Waals surface area contributed by atoms with Crippen LogP contribution in [-0.4, -0.2) is 31.9 Å². The number of anilines is 1. The van der Waals surface area contributed by atoms with E-state index in [0.717, 1.165) is 24.8 Å². The first-order chi connectivity index (χ1) is 10.0. The lowest BCUT2D eigenvalue weighted by Gasteiger charge is -2.32. The highest BCUT2D eigenvalue weighted by Crippen LogP contribution is 2.21. The van der Waals surface area contributed by atoms with Crippen molar-refractivity contribution < 1.29 is 8.42 Å². The van der Waals surface area contributed by atoms with E-state index in [0.29, 0.717) is 18.8 Å². The molecule has 0 radical (unpaired) electrons. The van der Waals surface area contributed by atoms with Gasteiger partial charge in [-0.2, -0.15) is 12.7 Å². The zero-order chi connectivity index (χ0) is 15.3. The van der Waals surface area contributed by atoms with E-state index in [9.17, 15) is 8.42 Å². The maximum absolute atomic E-state index is 12.4. The molecule has 1 saturated heterocycles. The van der Waals surface area contributed by atoms with Gasteiger partial charge in [-0.1, -0.05) is 18.3 Å². The van der Waals surface area contributed by atoms with Crippen LogP contribution in [0.2, 0.25) is 0 Å². The van der Waals surface area contributed by atoms with E-state index in [4.69, 9.17) is 5.73 Å². The first-order valence-electron chi connectivity index (χ1n) is 7.11. The smallest absolute Gasteiger partial charge is 0.301 e. The van der Waals surface area contributed by atoms with Crippen LogP contribution in [0.4, 0.5) is 5.69 Å². The molecule has 1 fully saturated rings. The van der Waals surface area contributed by atoms with Gasteiger partial charge in [0.1, 0.15) is 0 Å². The molecule has 0 aromatic heterocycles. The summed E-state index contributed by atoms with van der Waals surface area (Å²) < 4.78 is 29.0. The topological polar surface area (TPSA) is 75.4 Å². The van der Waals surface area contributed by atoms with Crippen LogP contribution in [0.1, 0.15) is 31.7 Å². The first-order valence-corrected chi connectivity index (χ1v) is 8.55. The van der Waals surface area contributed by atoms with Crippen molar-refractivity contribution in [3.8, 4) is 11.8 Å². The fourth-order valence-electron chi connectivity index (χ4n) is 2.41. The summed E-state index contributed by atoms with van der Waals surface area (Å²) in [5.41, 5.74) is 6.68. The molecule has 2 rings (SSSR count). The lowest BCUT2D eigenvalue weighted by Crippen LogP contribution is -2.44. The Morgan fingerprint density at radius 3 is 2.67 bits per heavy atom. The molecule has 3 N–H and O–H groups in total. The molecule has 1 atom stereocenters. The molecule has 1 heterocycles. The van der Waals surface area contributed by atoms with Crippen LogP contribution in [0.25, 0.3) is 0 Å². The monoisotopic (exact) mass is 307 g/mol. The second kappa shape index (κ2) is 6.94. The molecule has 0 bridgehead atoms. The molecule has 114 valence electrons. The van der Waals surface area contributed by atoms with Gasteiger partial charge in [-0.3, -0.25) is 4.72 Å². The third-order valence-corrected chi connectivity index (χ3v) is 5.17. The minimum Gasteiger partial charge on any atom is -0.320 e. The van der Waals surface area contributed by atoms with Crippen molar-refractivity contribution in [3.63, 3.8) is 0 Å². The van der Waals surface area contributed by atoms with E-state index >= 15 is 0 Å². The van der Waals surface area contributed by atoms with Gasteiger partial charge in [0.15, 0.2) is 0 Å². The largest absolute Gasteiger partial charge is 0.320 e. The third kappa shape index (κ3) is 4.21. The predicted octanol–water partition coefficient (Wildman–Crippen LogP) is 1.53. The quantitative estimate of drug-likeness (QED) is 0.832. The summed E-state index contributed by atoms with van der Waals surface area (Å²) >= 11 is 0. The van der Waals surface area contributed by atoms with E-state index in [2.05, 4.69) is 16.6 Å². The molecule has 0 spiro atoms. The number of hydrogen-bond donors (Lipinski definition) is 2. The molecule has 1 unspecified atom stereocenters. The minimum absolute atomic E-state index is 0.0472. The fraction of sp³-hybridized carbons (Fsp3) is 0.467. The van der Waals surface area contributed by atoms with E-state index in [-0.39, 0.29) is 6.04 Å². The Bertz CT molecular complexity index is 629. The Morgan fingerprint density at radius 2 is 2.05 bits per heavy atom. The molecular weight excluding hydrogens is 286 g/mol. The molecule has 0 amide bonds. The molecule has 6 heteroatoms. The van der Waals surface area contributed by atoms with Crippen LogP contribution in [0.15, 0.2) is 24.3 Å². The Kier molecular flexibility index (Phi) is 5.23. The van der Waals surface area contributed by atoms with Gasteiger partial charge in [-0.15, -0.1) is 0 Å². The van der Waals surface area contributed by atoms with Gasteiger partial charge < -0.3 is 5.73 Å². The SMILES string of the molecule is CC1CCCCN1S(=O)(=O)Nc1ccc(C#CCN)cc1. The Hall–Kier alpha value is -1.55. The number of nitrogens with zero attached hydrogens (tertiary/aromatic N) is 1. The predicted molar refractivity (Wildman–Crippen MR) is 84.9 cm³/mol. The van der Waals surface area contributed by atoms with E-state index in [1.54, 1.807) is 28.6 Å². The fourth-order valence-corrected chi connectivity index (χ4v) is 3.91. The Labute approximate surface area is 126 Å². The van der Waals surface area contributed by atoms with Gasteiger partial charge in [0.05, 0.1) is 6.54 Å². The maximum Gasteiger partial charge on any atom is 0.301 e. The standard InChI is InChI=1S/C15H21N3O2S/c1-13-5-2-3-12-18(13)21(19,20)17-15-9-7-14(8-10-15)6-4-11-16/h7-10,13,17H,2-3,5,11-12,16H2,1H3. The molecular formula is C15H21N3O2S. The van der Waals surface area contributed by atoms with Crippen molar-refractivity contribution >= 4 is 15.9 Å². The van der Waals surface area contributed by atoms with Gasteiger partial charge in [0.25, 0.3) is 0 Å². The zero-order valence-electron chi connectivity index (χ0n) is 12.2. The minimum atomic E-state index is -3.49.